The predicted molar refractivity (Wildman–Crippen MR) is 63.2 cm³/mol. The number of hydrogen-bond acceptors (Lipinski definition) is 5. The van der Waals surface area contributed by atoms with Gasteiger partial charge >= 0.3 is 0 Å². The highest BCUT2D eigenvalue weighted by atomic mass is 16.5. The molecule has 1 rings (SSSR count). The van der Waals surface area contributed by atoms with Gasteiger partial charge in [0, 0.05) is 6.04 Å². The summed E-state index contributed by atoms with van der Waals surface area (Å²) in [4.78, 5) is 6.46. The monoisotopic (exact) mass is 226 g/mol. The second-order valence-corrected chi connectivity index (χ2v) is 4.38. The first-order valence-electron chi connectivity index (χ1n) is 5.73. The van der Waals surface area contributed by atoms with Gasteiger partial charge in [-0.05, 0) is 34.5 Å². The van der Waals surface area contributed by atoms with Crippen LogP contribution >= 0.6 is 0 Å². The Morgan fingerprint density at radius 3 is 2.62 bits per heavy atom. The lowest BCUT2D eigenvalue weighted by Crippen LogP contribution is -2.28. The Balaban J connectivity index is 2.74. The first kappa shape index (κ1) is 13.1. The molecule has 5 heteroatoms. The van der Waals surface area contributed by atoms with Crippen molar-refractivity contribution in [3.05, 3.63) is 11.7 Å². The minimum Gasteiger partial charge on any atom is -0.339 e. The van der Waals surface area contributed by atoms with E-state index in [1.807, 2.05) is 26.0 Å². The predicted octanol–water partition coefficient (Wildman–Crippen LogP) is 1.23. The molecule has 0 aliphatic carbocycles. The second-order valence-electron chi connectivity index (χ2n) is 4.38. The smallest absolute Gasteiger partial charge is 0.231 e. The Hall–Kier alpha value is -0.940. The molecule has 0 bridgehead atoms. The van der Waals surface area contributed by atoms with Crippen LogP contribution in [0.4, 0.5) is 0 Å². The molecule has 0 spiro atoms. The van der Waals surface area contributed by atoms with Crippen molar-refractivity contribution in [3.8, 4) is 0 Å². The van der Waals surface area contributed by atoms with E-state index in [1.54, 1.807) is 0 Å². The summed E-state index contributed by atoms with van der Waals surface area (Å²) in [5, 5.41) is 7.21. The SMILES string of the molecule is CCC(c1nc(CN(C)C)no1)C(C)NC. The van der Waals surface area contributed by atoms with Crippen LogP contribution in [0.25, 0.3) is 0 Å². The van der Waals surface area contributed by atoms with Crippen molar-refractivity contribution in [1.29, 1.82) is 0 Å². The zero-order valence-electron chi connectivity index (χ0n) is 10.8. The average Bonchev–Trinajstić information content (AvgIpc) is 2.66. The van der Waals surface area contributed by atoms with Crippen molar-refractivity contribution >= 4 is 0 Å². The molecule has 0 aliphatic rings. The number of aromatic nitrogens is 2. The molecule has 2 atom stereocenters. The standard InChI is InChI=1S/C11H22N4O/c1-6-9(8(2)12-3)11-13-10(14-16-11)7-15(4)5/h8-9,12H,6-7H2,1-5H3. The van der Waals surface area contributed by atoms with Crippen LogP contribution in [0, 0.1) is 0 Å². The maximum atomic E-state index is 5.31. The fraction of sp³-hybridized carbons (Fsp3) is 0.818. The fourth-order valence-corrected chi connectivity index (χ4v) is 1.71. The number of nitrogens with zero attached hydrogens (tertiary/aromatic N) is 3. The Bertz CT molecular complexity index is 311. The zero-order valence-corrected chi connectivity index (χ0v) is 10.8. The quantitative estimate of drug-likeness (QED) is 0.790. The van der Waals surface area contributed by atoms with Gasteiger partial charge in [0.1, 0.15) is 0 Å². The van der Waals surface area contributed by atoms with E-state index in [-0.39, 0.29) is 5.92 Å². The van der Waals surface area contributed by atoms with Gasteiger partial charge in [-0.25, -0.2) is 0 Å². The normalized spacial score (nSPS) is 15.4. The van der Waals surface area contributed by atoms with E-state index in [2.05, 4.69) is 29.3 Å². The molecule has 5 nitrogen and oxygen atoms in total. The van der Waals surface area contributed by atoms with E-state index in [0.29, 0.717) is 12.6 Å². The van der Waals surface area contributed by atoms with Gasteiger partial charge < -0.3 is 14.7 Å². The maximum Gasteiger partial charge on any atom is 0.231 e. The van der Waals surface area contributed by atoms with Crippen LogP contribution in [-0.4, -0.2) is 42.2 Å². The van der Waals surface area contributed by atoms with Crippen molar-refractivity contribution in [3.63, 3.8) is 0 Å². The number of likely N-dealkylation sites (N-methyl/N-ethyl adjacent to an activating group) is 1. The largest absolute Gasteiger partial charge is 0.339 e. The molecule has 1 N–H and O–H groups in total. The minimum atomic E-state index is 0.286. The van der Waals surface area contributed by atoms with Gasteiger partial charge in [-0.15, -0.1) is 0 Å². The summed E-state index contributed by atoms with van der Waals surface area (Å²) >= 11 is 0. The summed E-state index contributed by atoms with van der Waals surface area (Å²) in [7, 11) is 5.93. The van der Waals surface area contributed by atoms with Crippen molar-refractivity contribution in [2.24, 2.45) is 0 Å². The van der Waals surface area contributed by atoms with Crippen LogP contribution in [0.2, 0.25) is 0 Å². The summed E-state index contributed by atoms with van der Waals surface area (Å²) in [6, 6.07) is 0.345. The lowest BCUT2D eigenvalue weighted by Gasteiger charge is -2.17. The molecule has 1 heterocycles. The third-order valence-corrected chi connectivity index (χ3v) is 2.76. The average molecular weight is 226 g/mol. The van der Waals surface area contributed by atoms with Crippen molar-refractivity contribution < 1.29 is 4.52 Å². The Morgan fingerprint density at radius 1 is 1.44 bits per heavy atom. The van der Waals surface area contributed by atoms with Gasteiger partial charge in [0.05, 0.1) is 12.5 Å². The van der Waals surface area contributed by atoms with Crippen molar-refractivity contribution in [2.75, 3.05) is 21.1 Å². The van der Waals surface area contributed by atoms with Crippen LogP contribution in [0.5, 0.6) is 0 Å². The molecule has 0 radical (unpaired) electrons. The van der Waals surface area contributed by atoms with Crippen LogP contribution in [-0.2, 0) is 6.54 Å². The minimum absolute atomic E-state index is 0.286. The first-order chi connectivity index (χ1) is 7.58. The van der Waals surface area contributed by atoms with Gasteiger partial charge in [0.15, 0.2) is 5.82 Å². The zero-order chi connectivity index (χ0) is 12.1. The maximum absolute atomic E-state index is 5.31. The van der Waals surface area contributed by atoms with E-state index < -0.39 is 0 Å². The topological polar surface area (TPSA) is 54.2 Å². The van der Waals surface area contributed by atoms with Gasteiger partial charge in [0.25, 0.3) is 0 Å². The Kier molecular flexibility index (Phi) is 4.89. The van der Waals surface area contributed by atoms with Crippen LogP contribution in [0.3, 0.4) is 0 Å². The number of rotatable bonds is 6. The highest BCUT2D eigenvalue weighted by Gasteiger charge is 2.22. The highest BCUT2D eigenvalue weighted by molar-refractivity contribution is 4.97. The van der Waals surface area contributed by atoms with Gasteiger partial charge in [0.2, 0.25) is 5.89 Å². The van der Waals surface area contributed by atoms with E-state index in [9.17, 15) is 0 Å². The molecule has 0 fully saturated rings. The van der Waals surface area contributed by atoms with Crippen molar-refractivity contribution in [2.45, 2.75) is 38.8 Å². The third-order valence-electron chi connectivity index (χ3n) is 2.76. The highest BCUT2D eigenvalue weighted by Crippen LogP contribution is 2.21. The lowest BCUT2D eigenvalue weighted by molar-refractivity contribution is 0.313. The molecule has 0 saturated carbocycles. The lowest BCUT2D eigenvalue weighted by atomic mass is 9.98. The van der Waals surface area contributed by atoms with Gasteiger partial charge in [-0.3, -0.25) is 0 Å². The molecular weight excluding hydrogens is 204 g/mol. The molecule has 0 aromatic carbocycles. The molecular formula is C11H22N4O. The molecule has 0 aliphatic heterocycles. The van der Waals surface area contributed by atoms with E-state index in [4.69, 9.17) is 4.52 Å². The molecule has 1 aromatic heterocycles. The molecule has 0 saturated heterocycles. The molecule has 2 unspecified atom stereocenters. The van der Waals surface area contributed by atoms with Crippen molar-refractivity contribution in [1.82, 2.24) is 20.4 Å². The summed E-state index contributed by atoms with van der Waals surface area (Å²) in [6.45, 7) is 4.98. The first-order valence-corrected chi connectivity index (χ1v) is 5.73. The van der Waals surface area contributed by atoms with E-state index >= 15 is 0 Å². The summed E-state index contributed by atoms with van der Waals surface area (Å²) in [5.41, 5.74) is 0. The van der Waals surface area contributed by atoms with Gasteiger partial charge in [-0.1, -0.05) is 12.1 Å². The van der Waals surface area contributed by atoms with E-state index in [1.165, 1.54) is 0 Å². The Labute approximate surface area is 97.2 Å². The molecule has 16 heavy (non-hydrogen) atoms. The van der Waals surface area contributed by atoms with Crippen LogP contribution < -0.4 is 5.32 Å². The molecule has 0 amide bonds. The fourth-order valence-electron chi connectivity index (χ4n) is 1.71. The number of nitrogens with one attached hydrogen (secondary N) is 1. The second kappa shape index (κ2) is 5.96. The molecule has 92 valence electrons. The number of hydrogen-bond donors (Lipinski definition) is 1. The van der Waals surface area contributed by atoms with Crippen LogP contribution in [0.15, 0.2) is 4.52 Å². The summed E-state index contributed by atoms with van der Waals surface area (Å²) in [5.74, 6) is 1.77. The molecule has 1 aromatic rings. The van der Waals surface area contributed by atoms with Crippen LogP contribution in [0.1, 0.15) is 37.9 Å². The Morgan fingerprint density at radius 2 is 2.12 bits per heavy atom. The third kappa shape index (κ3) is 3.28. The summed E-state index contributed by atoms with van der Waals surface area (Å²) in [6.07, 6.45) is 0.992. The van der Waals surface area contributed by atoms with E-state index in [0.717, 1.165) is 18.1 Å². The van der Waals surface area contributed by atoms with Gasteiger partial charge in [-0.2, -0.15) is 4.98 Å². The summed E-state index contributed by atoms with van der Waals surface area (Å²) < 4.78 is 5.31.